The fourth-order valence-electron chi connectivity index (χ4n) is 10.5. The van der Waals surface area contributed by atoms with Gasteiger partial charge in [-0.1, -0.05) is 148 Å². The molecule has 6 aromatic carbocycles. The molecule has 0 radical (unpaired) electrons. The summed E-state index contributed by atoms with van der Waals surface area (Å²) in [6.45, 7) is -23.0. The number of hydrogen-bond acceptors (Lipinski definition) is 10. The Balaban J connectivity index is 0.000000257. The zero-order chi connectivity index (χ0) is 83.2. The van der Waals surface area contributed by atoms with Crippen molar-refractivity contribution in [2.24, 2.45) is 0 Å². The molecule has 0 bridgehead atoms. The zero-order valence-corrected chi connectivity index (χ0v) is 53.8. The number of nitrogens with zero attached hydrogens (tertiary/aromatic N) is 8. The molecule has 22 heteroatoms. The maximum atomic E-state index is 14.8. The maximum absolute atomic E-state index is 14.8. The van der Waals surface area contributed by atoms with Crippen LogP contribution in [-0.2, 0) is 78.8 Å². The van der Waals surface area contributed by atoms with Crippen molar-refractivity contribution < 1.29 is 68.0 Å². The van der Waals surface area contributed by atoms with Crippen LogP contribution in [0.25, 0.3) is 22.3 Å². The highest BCUT2D eigenvalue weighted by molar-refractivity contribution is 7.98. The Morgan fingerprint density at radius 2 is 0.884 bits per heavy atom. The van der Waals surface area contributed by atoms with Gasteiger partial charge in [0.05, 0.1) is 24.0 Å². The third kappa shape index (κ3) is 18.8. The first-order valence-electron chi connectivity index (χ1n) is 38.4. The Morgan fingerprint density at radius 1 is 0.516 bits per heavy atom. The maximum Gasteiger partial charge on any atom is 0.416 e. The lowest BCUT2D eigenvalue weighted by Crippen LogP contribution is -2.42. The SMILES string of the molecule is [2H]C([2H])(C)N(C([2H])([2H])C)C([2H])([2H])C([2H])([2H])N(C(=O)Cn1c(SCc2ccc(F)cc2)nc(=O)c2c1CCC2)C([2H])(C)c1ccc(-c2ccc(C(F)(F)F)cc2)cc1.[2H]C([2H])(C)N(C([2H])([2H])C)C([2H])([2H])C([2H])([2H])N(Cc1ccc(-c2ccc(C(F)(F)F)cc2)cc1)C(=O)Cn1c(SCc2ccc(F)cc2)nc(=O)c2c1CCC2. The molecule has 502 valence electrons. The molecule has 10 rings (SSSR count). The van der Waals surface area contributed by atoms with E-state index in [2.05, 4.69) is 9.97 Å². The number of aromatic nitrogens is 4. The van der Waals surface area contributed by atoms with Crippen molar-refractivity contribution in [2.45, 2.75) is 133 Å². The van der Waals surface area contributed by atoms with Crippen LogP contribution < -0.4 is 11.1 Å². The average molecular weight is 1360 g/mol. The van der Waals surface area contributed by atoms with Gasteiger partial charge in [0, 0.05) is 83.0 Å². The van der Waals surface area contributed by atoms with E-state index in [1.165, 1.54) is 118 Å². The molecule has 2 heterocycles. The Morgan fingerprint density at radius 3 is 1.28 bits per heavy atom. The number of likely N-dealkylation sites (N-methyl/N-ethyl adjacent to an activating group) is 2. The smallest absolute Gasteiger partial charge is 0.336 e. The molecule has 8 aromatic rings. The molecule has 0 saturated heterocycles. The monoisotopic (exact) mass is 1360 g/mol. The van der Waals surface area contributed by atoms with Crippen LogP contribution in [0, 0.1) is 11.6 Å². The molecule has 2 aliphatic rings. The molecular weight excluding hydrogens is 1270 g/mol. The largest absolute Gasteiger partial charge is 0.416 e. The second-order valence-corrected chi connectivity index (χ2v) is 23.6. The van der Waals surface area contributed by atoms with E-state index in [0.29, 0.717) is 99.3 Å². The number of thioether (sulfide) groups is 2. The van der Waals surface area contributed by atoms with E-state index < -0.39 is 136 Å². The molecule has 95 heavy (non-hydrogen) atoms. The van der Waals surface area contributed by atoms with E-state index in [9.17, 15) is 58.4 Å². The van der Waals surface area contributed by atoms with Gasteiger partial charge in [-0.05, 0) is 164 Å². The van der Waals surface area contributed by atoms with E-state index in [1.807, 2.05) is 0 Å². The number of rotatable bonds is 26. The van der Waals surface area contributed by atoms with E-state index >= 15 is 0 Å². The Kier molecular flexibility index (Phi) is 17.7. The highest BCUT2D eigenvalue weighted by atomic mass is 32.2. The Hall–Kier alpha value is -7.92. The number of amides is 2. The summed E-state index contributed by atoms with van der Waals surface area (Å²) in [5, 5.41) is 0.162. The van der Waals surface area contributed by atoms with E-state index in [-0.39, 0.29) is 47.6 Å². The summed E-state index contributed by atoms with van der Waals surface area (Å²) in [6, 6.07) is 29.0. The quantitative estimate of drug-likeness (QED) is 0.0295. The summed E-state index contributed by atoms with van der Waals surface area (Å²) in [5.41, 5.74) is 2.17. The fourth-order valence-corrected chi connectivity index (χ4v) is 12.4. The predicted octanol–water partition coefficient (Wildman–Crippen LogP) is 15.0. The number of fused-ring (bicyclic) bond motifs is 2. The first-order chi connectivity index (χ1) is 51.6. The molecule has 1 atom stereocenters. The van der Waals surface area contributed by atoms with Crippen LogP contribution >= 0.6 is 23.5 Å². The molecule has 2 aromatic heterocycles. The zero-order valence-electron chi connectivity index (χ0n) is 69.2. The molecule has 0 fully saturated rings. The van der Waals surface area contributed by atoms with Gasteiger partial charge in [-0.25, -0.2) is 8.78 Å². The van der Waals surface area contributed by atoms with Crippen molar-refractivity contribution in [2.75, 3.05) is 52.0 Å². The highest BCUT2D eigenvalue weighted by Crippen LogP contribution is 2.35. The lowest BCUT2D eigenvalue weighted by atomic mass is 9.99. The molecule has 0 saturated carbocycles. The highest BCUT2D eigenvalue weighted by Gasteiger charge is 2.32. The predicted molar refractivity (Wildman–Crippen MR) is 358 cm³/mol. The van der Waals surface area contributed by atoms with Crippen molar-refractivity contribution in [3.05, 3.63) is 234 Å². The minimum Gasteiger partial charge on any atom is -0.336 e. The first-order valence-corrected chi connectivity index (χ1v) is 31.8. The molecule has 0 spiro atoms. The Labute approximate surface area is 581 Å². The normalized spacial score (nSPS) is 17.4. The van der Waals surface area contributed by atoms with Gasteiger partial charge in [0.15, 0.2) is 10.3 Å². The van der Waals surface area contributed by atoms with Crippen LogP contribution in [0.3, 0.4) is 0 Å². The number of alkyl halides is 6. The second-order valence-electron chi connectivity index (χ2n) is 21.7. The van der Waals surface area contributed by atoms with E-state index in [4.69, 9.17) is 19.2 Å². The lowest BCUT2D eigenvalue weighted by molar-refractivity contribution is -0.138. The molecule has 2 aliphatic carbocycles. The number of halogens is 8. The van der Waals surface area contributed by atoms with Crippen LogP contribution in [0.15, 0.2) is 165 Å². The van der Waals surface area contributed by atoms with Crippen LogP contribution in [-0.4, -0.2) is 102 Å². The van der Waals surface area contributed by atoms with Crippen LogP contribution in [0.5, 0.6) is 0 Å². The minimum absolute atomic E-state index is 0.0136. The summed E-state index contributed by atoms with van der Waals surface area (Å²) in [6.07, 6.45) is -6.51. The first kappa shape index (κ1) is 51.4. The van der Waals surface area contributed by atoms with Gasteiger partial charge in [0.25, 0.3) is 11.1 Å². The van der Waals surface area contributed by atoms with Gasteiger partial charge in [0.2, 0.25) is 11.8 Å². The summed E-state index contributed by atoms with van der Waals surface area (Å²) >= 11 is 2.14. The average Bonchev–Trinajstić information content (AvgIpc) is 0.813. The van der Waals surface area contributed by atoms with Crippen LogP contribution in [0.2, 0.25) is 0 Å². The van der Waals surface area contributed by atoms with E-state index in [0.717, 1.165) is 82.4 Å². The third-order valence-corrected chi connectivity index (χ3v) is 17.7. The van der Waals surface area contributed by atoms with Gasteiger partial charge in [0.1, 0.15) is 24.7 Å². The summed E-state index contributed by atoms with van der Waals surface area (Å²) in [7, 11) is 0. The number of carbonyl (C=O) groups is 2. The number of hydrogen-bond donors (Lipinski definition) is 0. The van der Waals surface area contributed by atoms with Gasteiger partial charge in [-0.15, -0.1) is 0 Å². The molecule has 2 amide bonds. The second kappa shape index (κ2) is 32.7. The summed E-state index contributed by atoms with van der Waals surface area (Å²) in [4.78, 5) is 64.8. The molecule has 12 nitrogen and oxygen atoms in total. The third-order valence-electron chi connectivity index (χ3n) is 15.6. The molecular formula is C73H78F8N8O4S2. The molecule has 0 aliphatic heterocycles. The van der Waals surface area contributed by atoms with Gasteiger partial charge < -0.3 is 28.7 Å². The van der Waals surface area contributed by atoms with Gasteiger partial charge in [-0.3, -0.25) is 19.2 Å². The van der Waals surface area contributed by atoms with Gasteiger partial charge in [-0.2, -0.15) is 36.3 Å². The number of benzene rings is 6. The van der Waals surface area contributed by atoms with Gasteiger partial charge >= 0.3 is 12.4 Å². The van der Waals surface area contributed by atoms with Crippen LogP contribution in [0.4, 0.5) is 35.1 Å². The van der Waals surface area contributed by atoms with Crippen LogP contribution in [0.1, 0.15) is 133 Å². The number of carbonyl (C=O) groups excluding carboxylic acids is 2. The molecule has 0 N–H and O–H groups in total. The lowest BCUT2D eigenvalue weighted by Gasteiger charge is -2.33. The molecule has 1 unspecified atom stereocenters. The topological polar surface area (TPSA) is 117 Å². The standard InChI is InChI=1S/C37H40F4N4O2S.C36H38F4N4O2S/c1-4-43(5-2)21-22-44(25(3)27-11-13-28(14-12-27)29-15-17-30(18-16-29)37(39,40)41)34(46)23-45-33-8-6-7-32(33)35(47)42-36(45)48-24-26-9-19-31(38)20-10-26;1-3-42(4-2)20-21-43(22-25-8-12-27(13-9-25)28-14-16-29(17-15-28)36(38,39)40)33(45)23-44-32-7-5-6-31(32)34(46)41-35(44)47-24-26-10-18-30(37)19-11-26/h9-20,25H,4-8,21-24H2,1-3H3;8-19H,3-7,20-24H2,1-2H3/i4D2,5D2,21D2,22D2,25D;3D2,4D2,20D2,21D2. The Bertz CT molecular complexity index is 4810. The van der Waals surface area contributed by atoms with E-state index in [1.54, 1.807) is 12.1 Å². The van der Waals surface area contributed by atoms with Crippen molar-refractivity contribution >= 4 is 35.3 Å². The van der Waals surface area contributed by atoms with Crippen molar-refractivity contribution in [1.82, 2.24) is 38.7 Å². The van der Waals surface area contributed by atoms with Crippen molar-refractivity contribution in [1.29, 1.82) is 0 Å². The summed E-state index contributed by atoms with van der Waals surface area (Å²) < 4.78 is 257. The minimum atomic E-state index is -4.56. The van der Waals surface area contributed by atoms with Crippen molar-refractivity contribution in [3.63, 3.8) is 0 Å². The van der Waals surface area contributed by atoms with Crippen molar-refractivity contribution in [3.8, 4) is 22.3 Å². The summed E-state index contributed by atoms with van der Waals surface area (Å²) in [5.74, 6) is -2.71. The fraction of sp³-hybridized carbons (Fsp3) is 0.370.